The van der Waals surface area contributed by atoms with Crippen molar-refractivity contribution in [1.29, 1.82) is 0 Å². The maximum atomic E-state index is 12.4. The number of fused-ring (bicyclic) bond motifs is 1. The minimum atomic E-state index is 0.250. The molecule has 1 N–H and O–H groups in total. The fourth-order valence-electron chi connectivity index (χ4n) is 3.69. The first kappa shape index (κ1) is 15.8. The molecule has 1 aliphatic carbocycles. The summed E-state index contributed by atoms with van der Waals surface area (Å²) < 4.78 is 0. The van der Waals surface area contributed by atoms with Crippen LogP contribution in [0.15, 0.2) is 0 Å². The molecule has 0 aromatic rings. The average molecular weight is 280 g/mol. The Bertz CT molecular complexity index is 303. The van der Waals surface area contributed by atoms with Crippen molar-refractivity contribution in [3.8, 4) is 0 Å². The second-order valence-corrected chi connectivity index (χ2v) is 7.03. The number of rotatable bonds is 3. The Morgan fingerprint density at radius 1 is 1.15 bits per heavy atom. The number of nitrogens with zero attached hydrogens (tertiary/aromatic N) is 1. The first-order valence-electron chi connectivity index (χ1n) is 8.70. The summed E-state index contributed by atoms with van der Waals surface area (Å²) >= 11 is 0. The highest BCUT2D eigenvalue weighted by atomic mass is 16.1. The predicted molar refractivity (Wildman–Crippen MR) is 83.6 cm³/mol. The maximum Gasteiger partial charge on any atom is 0.224 e. The van der Waals surface area contributed by atoms with Crippen LogP contribution in [-0.4, -0.2) is 36.5 Å². The molecule has 0 spiro atoms. The fourth-order valence-corrected chi connectivity index (χ4v) is 3.69. The lowest BCUT2D eigenvalue weighted by Crippen LogP contribution is -2.45. The topological polar surface area (TPSA) is 32.3 Å². The van der Waals surface area contributed by atoms with Crippen LogP contribution in [0, 0.1) is 11.8 Å². The predicted octanol–water partition coefficient (Wildman–Crippen LogP) is 3.19. The molecule has 2 atom stereocenters. The number of nitrogens with one attached hydrogen (secondary N) is 1. The van der Waals surface area contributed by atoms with E-state index in [0.29, 0.717) is 11.9 Å². The quantitative estimate of drug-likeness (QED) is 0.861. The Morgan fingerprint density at radius 3 is 2.75 bits per heavy atom. The fraction of sp³-hybridized carbons (Fsp3) is 0.941. The Labute approximate surface area is 124 Å². The molecule has 2 aliphatic rings. The SMILES string of the molecule is CC(C)CCN1CCCCCCNC(=O)[C@@H]2CCC[C@@H]21. The summed E-state index contributed by atoms with van der Waals surface area (Å²) in [6, 6.07) is 0.506. The van der Waals surface area contributed by atoms with Gasteiger partial charge in [-0.3, -0.25) is 9.69 Å². The van der Waals surface area contributed by atoms with E-state index < -0.39 is 0 Å². The van der Waals surface area contributed by atoms with Gasteiger partial charge in [0.15, 0.2) is 0 Å². The van der Waals surface area contributed by atoms with E-state index in [9.17, 15) is 4.79 Å². The van der Waals surface area contributed by atoms with E-state index in [1.807, 2.05) is 0 Å². The average Bonchev–Trinajstić information content (AvgIpc) is 2.88. The van der Waals surface area contributed by atoms with Crippen molar-refractivity contribution in [2.45, 2.75) is 71.3 Å². The third-order valence-corrected chi connectivity index (χ3v) is 4.95. The van der Waals surface area contributed by atoms with Crippen LogP contribution in [0.5, 0.6) is 0 Å². The molecule has 1 heterocycles. The highest BCUT2D eigenvalue weighted by Crippen LogP contribution is 2.31. The summed E-state index contributed by atoms with van der Waals surface area (Å²) in [5.41, 5.74) is 0. The largest absolute Gasteiger partial charge is 0.356 e. The molecule has 2 rings (SSSR count). The molecule has 1 saturated heterocycles. The van der Waals surface area contributed by atoms with Gasteiger partial charge in [0.1, 0.15) is 0 Å². The van der Waals surface area contributed by atoms with E-state index in [2.05, 4.69) is 24.1 Å². The van der Waals surface area contributed by atoms with Gasteiger partial charge in [-0.05, 0) is 51.1 Å². The molecule has 1 amide bonds. The molecule has 0 bridgehead atoms. The van der Waals surface area contributed by atoms with Gasteiger partial charge in [-0.15, -0.1) is 0 Å². The van der Waals surface area contributed by atoms with Crippen molar-refractivity contribution in [3.63, 3.8) is 0 Å². The number of carbonyl (C=O) groups excluding carboxylic acids is 1. The molecular formula is C17H32N2O. The van der Waals surface area contributed by atoms with E-state index in [1.54, 1.807) is 0 Å². The third kappa shape index (κ3) is 4.47. The van der Waals surface area contributed by atoms with Gasteiger partial charge in [0.25, 0.3) is 0 Å². The van der Waals surface area contributed by atoms with Gasteiger partial charge in [0.2, 0.25) is 5.91 Å². The Kier molecular flexibility index (Phi) is 6.34. The number of amides is 1. The van der Waals surface area contributed by atoms with Gasteiger partial charge >= 0.3 is 0 Å². The molecule has 0 radical (unpaired) electrons. The van der Waals surface area contributed by atoms with Crippen molar-refractivity contribution in [2.75, 3.05) is 19.6 Å². The lowest BCUT2D eigenvalue weighted by molar-refractivity contribution is -0.126. The molecule has 1 aliphatic heterocycles. The van der Waals surface area contributed by atoms with E-state index in [-0.39, 0.29) is 5.92 Å². The molecule has 3 heteroatoms. The zero-order valence-corrected chi connectivity index (χ0v) is 13.4. The number of hydrogen-bond donors (Lipinski definition) is 1. The minimum Gasteiger partial charge on any atom is -0.356 e. The van der Waals surface area contributed by atoms with Crippen LogP contribution in [0.4, 0.5) is 0 Å². The summed E-state index contributed by atoms with van der Waals surface area (Å²) in [4.78, 5) is 15.0. The molecule has 1 saturated carbocycles. The zero-order valence-electron chi connectivity index (χ0n) is 13.4. The molecule has 3 nitrogen and oxygen atoms in total. The molecule has 0 aromatic carbocycles. The van der Waals surface area contributed by atoms with Gasteiger partial charge in [0.05, 0.1) is 5.92 Å². The van der Waals surface area contributed by atoms with Crippen LogP contribution in [0.2, 0.25) is 0 Å². The van der Waals surface area contributed by atoms with Gasteiger partial charge in [0, 0.05) is 12.6 Å². The molecule has 20 heavy (non-hydrogen) atoms. The van der Waals surface area contributed by atoms with Crippen molar-refractivity contribution in [2.24, 2.45) is 11.8 Å². The number of hydrogen-bond acceptors (Lipinski definition) is 2. The van der Waals surface area contributed by atoms with Crippen molar-refractivity contribution in [3.05, 3.63) is 0 Å². The van der Waals surface area contributed by atoms with Gasteiger partial charge in [-0.25, -0.2) is 0 Å². The zero-order chi connectivity index (χ0) is 14.4. The monoisotopic (exact) mass is 280 g/mol. The van der Waals surface area contributed by atoms with Crippen LogP contribution in [0.1, 0.15) is 65.2 Å². The van der Waals surface area contributed by atoms with Crippen molar-refractivity contribution < 1.29 is 4.79 Å². The van der Waals surface area contributed by atoms with E-state index in [0.717, 1.165) is 25.3 Å². The minimum absolute atomic E-state index is 0.250. The van der Waals surface area contributed by atoms with E-state index in [1.165, 1.54) is 51.6 Å². The first-order valence-corrected chi connectivity index (χ1v) is 8.70. The van der Waals surface area contributed by atoms with Crippen LogP contribution in [0.3, 0.4) is 0 Å². The highest BCUT2D eigenvalue weighted by molar-refractivity contribution is 5.79. The van der Waals surface area contributed by atoms with Crippen LogP contribution in [0.25, 0.3) is 0 Å². The van der Waals surface area contributed by atoms with Crippen LogP contribution < -0.4 is 5.32 Å². The molecular weight excluding hydrogens is 248 g/mol. The normalized spacial score (nSPS) is 29.9. The highest BCUT2D eigenvalue weighted by Gasteiger charge is 2.36. The maximum absolute atomic E-state index is 12.4. The van der Waals surface area contributed by atoms with E-state index >= 15 is 0 Å². The summed E-state index contributed by atoms with van der Waals surface area (Å²) in [5, 5.41) is 3.17. The molecule has 0 unspecified atom stereocenters. The number of carbonyl (C=O) groups is 1. The van der Waals surface area contributed by atoms with Gasteiger partial charge < -0.3 is 5.32 Å². The molecule has 0 aromatic heterocycles. The second kappa shape index (κ2) is 8.02. The molecule has 116 valence electrons. The standard InChI is InChI=1S/C17H32N2O/c1-14(2)10-13-19-12-6-4-3-5-11-18-17(20)15-8-7-9-16(15)19/h14-16H,3-13H2,1-2H3,(H,18,20)/t15-,16+/m1/s1. The van der Waals surface area contributed by atoms with Crippen LogP contribution >= 0.6 is 0 Å². The summed E-state index contributed by atoms with van der Waals surface area (Å²) in [7, 11) is 0. The Morgan fingerprint density at radius 2 is 1.95 bits per heavy atom. The van der Waals surface area contributed by atoms with Crippen molar-refractivity contribution >= 4 is 5.91 Å². The third-order valence-electron chi connectivity index (χ3n) is 4.95. The molecule has 2 fully saturated rings. The summed E-state index contributed by atoms with van der Waals surface area (Å²) in [5.74, 6) is 1.33. The smallest absolute Gasteiger partial charge is 0.224 e. The summed E-state index contributed by atoms with van der Waals surface area (Å²) in [6.07, 6.45) is 9.81. The lowest BCUT2D eigenvalue weighted by atomic mass is 9.99. The first-order chi connectivity index (χ1) is 9.68. The Hall–Kier alpha value is -0.570. The van der Waals surface area contributed by atoms with Crippen molar-refractivity contribution in [1.82, 2.24) is 10.2 Å². The second-order valence-electron chi connectivity index (χ2n) is 7.03. The van der Waals surface area contributed by atoms with E-state index in [4.69, 9.17) is 0 Å². The lowest BCUT2D eigenvalue weighted by Gasteiger charge is -2.33. The van der Waals surface area contributed by atoms with Gasteiger partial charge in [-0.2, -0.15) is 0 Å². The van der Waals surface area contributed by atoms with Crippen LogP contribution in [-0.2, 0) is 4.79 Å². The Balaban J connectivity index is 2.02. The van der Waals surface area contributed by atoms with Gasteiger partial charge in [-0.1, -0.05) is 33.1 Å². The summed E-state index contributed by atoms with van der Waals surface area (Å²) in [6.45, 7) is 7.84.